The van der Waals surface area contributed by atoms with Gasteiger partial charge in [0.25, 0.3) is 0 Å². The molecule has 0 aromatic heterocycles. The highest BCUT2D eigenvalue weighted by Crippen LogP contribution is 2.43. The SMILES string of the molecule is COC(=O)[NH+]([O-])c1ccc(CN2CCC(C(O)(c3ccc(OC(F)(F)F)cc3)c3ccc(OC(F)(F)F)cc3)CC2)cc1. The summed E-state index contributed by atoms with van der Waals surface area (Å²) in [6.45, 7) is 1.53. The largest absolute Gasteiger partial charge is 0.619 e. The predicted molar refractivity (Wildman–Crippen MR) is 140 cm³/mol. The maximum atomic E-state index is 12.7. The molecule has 0 radical (unpaired) electrons. The Morgan fingerprint density at radius 1 is 0.837 bits per heavy atom. The average molecular weight is 615 g/mol. The van der Waals surface area contributed by atoms with E-state index in [-0.39, 0.29) is 16.8 Å². The molecule has 232 valence electrons. The van der Waals surface area contributed by atoms with Gasteiger partial charge in [-0.15, -0.1) is 26.3 Å². The van der Waals surface area contributed by atoms with Gasteiger partial charge in [0.2, 0.25) is 0 Å². The molecule has 4 rings (SSSR count). The number of nitrogens with one attached hydrogen (secondary N) is 1. The molecule has 0 saturated carbocycles. The summed E-state index contributed by atoms with van der Waals surface area (Å²) >= 11 is 0. The molecule has 3 aromatic rings. The summed E-state index contributed by atoms with van der Waals surface area (Å²) in [5.41, 5.74) is -0.199. The molecule has 0 spiro atoms. The van der Waals surface area contributed by atoms with E-state index in [1.165, 1.54) is 36.4 Å². The molecule has 1 amide bonds. The Morgan fingerprint density at radius 3 is 1.67 bits per heavy atom. The summed E-state index contributed by atoms with van der Waals surface area (Å²) in [6.07, 6.45) is -9.90. The van der Waals surface area contributed by atoms with Crippen molar-refractivity contribution in [2.45, 2.75) is 37.7 Å². The molecule has 1 aliphatic heterocycles. The molecule has 3 aromatic carbocycles. The lowest BCUT2D eigenvalue weighted by Gasteiger charge is -2.42. The monoisotopic (exact) mass is 614 g/mol. The topological polar surface area (TPSA) is 95.7 Å². The van der Waals surface area contributed by atoms with E-state index in [1.807, 2.05) is 0 Å². The van der Waals surface area contributed by atoms with Crippen molar-refractivity contribution in [2.24, 2.45) is 5.92 Å². The quantitative estimate of drug-likeness (QED) is 0.259. The molecular weight excluding hydrogens is 586 g/mol. The van der Waals surface area contributed by atoms with Crippen LogP contribution in [0.5, 0.6) is 11.5 Å². The van der Waals surface area contributed by atoms with Gasteiger partial charge in [-0.3, -0.25) is 4.90 Å². The number of carbonyl (C=O) groups excluding carboxylic acids is 1. The van der Waals surface area contributed by atoms with Crippen molar-refractivity contribution in [1.82, 2.24) is 4.90 Å². The van der Waals surface area contributed by atoms with Crippen molar-refractivity contribution in [2.75, 3.05) is 20.2 Å². The highest BCUT2D eigenvalue weighted by Gasteiger charge is 2.42. The number of hydrogen-bond acceptors (Lipinski definition) is 7. The zero-order valence-corrected chi connectivity index (χ0v) is 22.7. The number of quaternary nitrogens is 1. The van der Waals surface area contributed by atoms with E-state index in [0.29, 0.717) is 32.5 Å². The molecule has 0 aliphatic carbocycles. The highest BCUT2D eigenvalue weighted by atomic mass is 19.4. The van der Waals surface area contributed by atoms with Crippen molar-refractivity contribution in [1.29, 1.82) is 0 Å². The molecule has 1 atom stereocenters. The van der Waals surface area contributed by atoms with Crippen LogP contribution in [0.1, 0.15) is 29.5 Å². The summed E-state index contributed by atoms with van der Waals surface area (Å²) in [4.78, 5) is 13.6. The second-order valence-corrected chi connectivity index (χ2v) is 9.98. The molecule has 2 N–H and O–H groups in total. The van der Waals surface area contributed by atoms with Crippen LogP contribution in [0.3, 0.4) is 0 Å². The van der Waals surface area contributed by atoms with Crippen LogP contribution in [-0.2, 0) is 16.9 Å². The smallest absolute Gasteiger partial charge is 0.573 e. The Balaban J connectivity index is 1.52. The normalized spacial score (nSPS) is 16.0. The van der Waals surface area contributed by atoms with Gasteiger partial charge in [0.15, 0.2) is 0 Å². The van der Waals surface area contributed by atoms with Crippen LogP contribution in [0.4, 0.5) is 36.8 Å². The second kappa shape index (κ2) is 12.8. The van der Waals surface area contributed by atoms with E-state index < -0.39 is 46.9 Å². The first-order valence-electron chi connectivity index (χ1n) is 13.1. The van der Waals surface area contributed by atoms with Crippen LogP contribution in [0, 0.1) is 11.1 Å². The summed E-state index contributed by atoms with van der Waals surface area (Å²) < 4.78 is 88.4. The minimum absolute atomic E-state index is 0.192. The first-order chi connectivity index (χ1) is 20.2. The number of ether oxygens (including phenoxy) is 3. The molecular formula is C29H28F6N2O6. The number of piperidine rings is 1. The third-order valence-electron chi connectivity index (χ3n) is 7.23. The maximum absolute atomic E-state index is 12.7. The second-order valence-electron chi connectivity index (χ2n) is 9.98. The summed E-state index contributed by atoms with van der Waals surface area (Å²) in [5.74, 6) is -1.42. The van der Waals surface area contributed by atoms with E-state index in [2.05, 4.69) is 19.1 Å². The molecule has 1 saturated heterocycles. The first-order valence-corrected chi connectivity index (χ1v) is 13.1. The van der Waals surface area contributed by atoms with Crippen LogP contribution in [0.15, 0.2) is 72.8 Å². The van der Waals surface area contributed by atoms with Gasteiger partial charge in [0, 0.05) is 18.7 Å². The number of carbonyl (C=O) groups is 1. The lowest BCUT2D eigenvalue weighted by molar-refractivity contribution is -0.691. The molecule has 0 bridgehead atoms. The number of alkyl halides is 6. The minimum Gasteiger partial charge on any atom is -0.619 e. The molecule has 8 nitrogen and oxygen atoms in total. The molecule has 1 aliphatic rings. The van der Waals surface area contributed by atoms with E-state index >= 15 is 0 Å². The Bertz CT molecular complexity index is 1300. The van der Waals surface area contributed by atoms with E-state index in [4.69, 9.17) is 0 Å². The van der Waals surface area contributed by atoms with Crippen LogP contribution in [0.25, 0.3) is 0 Å². The number of halogens is 6. The fourth-order valence-electron chi connectivity index (χ4n) is 5.20. The van der Waals surface area contributed by atoms with Crippen molar-refractivity contribution in [3.63, 3.8) is 0 Å². The Morgan fingerprint density at radius 2 is 1.28 bits per heavy atom. The maximum Gasteiger partial charge on any atom is 0.573 e. The van der Waals surface area contributed by atoms with Gasteiger partial charge in [0.1, 0.15) is 22.8 Å². The first kappa shape index (κ1) is 32.1. The molecule has 14 heteroatoms. The van der Waals surface area contributed by atoms with Gasteiger partial charge in [0.05, 0.1) is 7.11 Å². The van der Waals surface area contributed by atoms with Gasteiger partial charge in [-0.2, -0.15) is 4.79 Å². The molecule has 1 heterocycles. The van der Waals surface area contributed by atoms with Crippen LogP contribution in [-0.4, -0.2) is 49.0 Å². The van der Waals surface area contributed by atoms with E-state index in [0.717, 1.165) is 36.9 Å². The number of nitrogens with zero attached hydrogens (tertiary/aromatic N) is 1. The van der Waals surface area contributed by atoms with Gasteiger partial charge in [-0.25, -0.2) is 5.06 Å². The van der Waals surface area contributed by atoms with Crippen LogP contribution < -0.4 is 14.5 Å². The van der Waals surface area contributed by atoms with Gasteiger partial charge < -0.3 is 24.5 Å². The number of aliphatic hydroxyl groups is 1. The lowest BCUT2D eigenvalue weighted by atomic mass is 9.72. The minimum atomic E-state index is -4.91. The van der Waals surface area contributed by atoms with Crippen molar-refractivity contribution in [3.8, 4) is 11.5 Å². The van der Waals surface area contributed by atoms with Crippen LogP contribution >= 0.6 is 0 Å². The standard InChI is InChI=1S/C29H28F6N2O6/c1-41-26(38)37(40)23-8-2-19(3-9-23)18-36-16-14-22(15-17-36)27(39,20-4-10-24(11-5-20)42-28(30,31)32)21-6-12-25(13-7-21)43-29(33,34)35/h2-13,22,37,39H,14-18H2,1H3. The van der Waals surface area contributed by atoms with E-state index in [9.17, 15) is 41.5 Å². The van der Waals surface area contributed by atoms with E-state index in [1.54, 1.807) is 12.1 Å². The number of amides is 1. The van der Waals surface area contributed by atoms with Crippen LogP contribution in [0.2, 0.25) is 0 Å². The third-order valence-corrected chi connectivity index (χ3v) is 7.23. The number of benzene rings is 3. The summed E-state index contributed by atoms with van der Waals surface area (Å²) in [5, 5.41) is 23.4. The summed E-state index contributed by atoms with van der Waals surface area (Å²) in [7, 11) is 1.12. The van der Waals surface area contributed by atoms with Crippen molar-refractivity contribution >= 4 is 11.8 Å². The number of hydrogen-bond donors (Lipinski definition) is 2. The molecule has 1 unspecified atom stereocenters. The molecule has 1 fully saturated rings. The lowest BCUT2D eigenvalue weighted by Crippen LogP contribution is -3.05. The predicted octanol–water partition coefficient (Wildman–Crippen LogP) is 5.41. The zero-order chi connectivity index (χ0) is 31.4. The molecule has 43 heavy (non-hydrogen) atoms. The Labute approximate surface area is 242 Å². The number of rotatable bonds is 8. The Hall–Kier alpha value is -3.85. The van der Waals surface area contributed by atoms with Crippen molar-refractivity contribution < 1.29 is 55.5 Å². The highest BCUT2D eigenvalue weighted by molar-refractivity contribution is 5.60. The van der Waals surface area contributed by atoms with Gasteiger partial charge in [-0.05, 0) is 72.8 Å². The third kappa shape index (κ3) is 8.16. The summed E-state index contributed by atoms with van der Waals surface area (Å²) in [6, 6.07) is 15.9. The zero-order valence-electron chi connectivity index (χ0n) is 22.7. The van der Waals surface area contributed by atoms with Gasteiger partial charge >= 0.3 is 18.8 Å². The number of hydroxylamine groups is 1. The fourth-order valence-corrected chi connectivity index (χ4v) is 5.20. The number of likely N-dealkylation sites (tertiary alicyclic amines) is 1. The average Bonchev–Trinajstić information content (AvgIpc) is 2.96. The van der Waals surface area contributed by atoms with Crippen molar-refractivity contribution in [3.05, 3.63) is 94.7 Å². The fraction of sp³-hybridized carbons (Fsp3) is 0.345. The Kier molecular flexibility index (Phi) is 9.54. The van der Waals surface area contributed by atoms with Gasteiger partial charge in [-0.1, -0.05) is 36.4 Å². The number of methoxy groups -OCH3 is 1.